The molecule has 1 atom stereocenters. The van der Waals surface area contributed by atoms with Crippen molar-refractivity contribution < 1.29 is 27.7 Å². The van der Waals surface area contributed by atoms with Crippen LogP contribution in [0.4, 0.5) is 5.69 Å². The molecule has 11 heteroatoms. The highest BCUT2D eigenvalue weighted by Gasteiger charge is 2.41. The lowest BCUT2D eigenvalue weighted by atomic mass is 10.2. The van der Waals surface area contributed by atoms with Gasteiger partial charge in [0.25, 0.3) is 15.7 Å². The minimum atomic E-state index is -4.32. The monoisotopic (exact) mass is 357 g/mol. The van der Waals surface area contributed by atoms with Crippen molar-refractivity contribution in [2.75, 3.05) is 13.7 Å². The lowest BCUT2D eigenvalue weighted by molar-refractivity contribution is -0.387. The number of hydrogen-bond acceptors (Lipinski definition) is 7. The average molecular weight is 357 g/mol. The van der Waals surface area contributed by atoms with Crippen molar-refractivity contribution in [1.29, 1.82) is 0 Å². The predicted octanol–water partition coefficient (Wildman–Crippen LogP) is 0.0198. The molecule has 0 spiro atoms. The molecule has 0 aliphatic carbocycles. The quantitative estimate of drug-likeness (QED) is 0.443. The smallest absolute Gasteiger partial charge is 0.338 e. The number of sulfonamides is 1. The van der Waals surface area contributed by atoms with Gasteiger partial charge in [0.1, 0.15) is 6.04 Å². The van der Waals surface area contributed by atoms with Gasteiger partial charge in [-0.1, -0.05) is 0 Å². The number of nitrogens with two attached hydrogens (primary N) is 1. The van der Waals surface area contributed by atoms with Crippen LogP contribution in [0.5, 0.6) is 0 Å². The highest BCUT2D eigenvalue weighted by Crippen LogP contribution is 2.32. The molecule has 1 aromatic rings. The summed E-state index contributed by atoms with van der Waals surface area (Å²) < 4.78 is 30.8. The summed E-state index contributed by atoms with van der Waals surface area (Å²) in [5.74, 6) is -1.65. The zero-order valence-corrected chi connectivity index (χ0v) is 13.5. The van der Waals surface area contributed by atoms with Crippen LogP contribution in [0.25, 0.3) is 0 Å². The molecule has 10 nitrogen and oxygen atoms in total. The van der Waals surface area contributed by atoms with Gasteiger partial charge in [-0.15, -0.1) is 0 Å². The number of carbonyl (C=O) groups excluding carboxylic acids is 2. The van der Waals surface area contributed by atoms with Gasteiger partial charge in [-0.2, -0.15) is 4.31 Å². The van der Waals surface area contributed by atoms with Gasteiger partial charge in [0, 0.05) is 12.6 Å². The van der Waals surface area contributed by atoms with Crippen molar-refractivity contribution in [3.63, 3.8) is 0 Å². The maximum absolute atomic E-state index is 12.7. The Bertz CT molecular complexity index is 806. The molecular formula is C13H15N3O7S. The largest absolute Gasteiger partial charge is 0.465 e. The Morgan fingerprint density at radius 1 is 1.42 bits per heavy atom. The molecule has 1 saturated heterocycles. The molecule has 1 aromatic carbocycles. The van der Waals surface area contributed by atoms with E-state index in [2.05, 4.69) is 4.74 Å². The summed E-state index contributed by atoms with van der Waals surface area (Å²) in [6, 6.07) is 1.85. The Hall–Kier alpha value is -2.53. The molecule has 1 heterocycles. The molecule has 1 amide bonds. The van der Waals surface area contributed by atoms with Gasteiger partial charge in [0.15, 0.2) is 4.90 Å². The Kier molecular flexibility index (Phi) is 4.85. The van der Waals surface area contributed by atoms with Crippen LogP contribution in [0.15, 0.2) is 23.1 Å². The van der Waals surface area contributed by atoms with Crippen LogP contribution in [0, 0.1) is 10.1 Å². The van der Waals surface area contributed by atoms with E-state index in [1.165, 1.54) is 0 Å². The number of nitrogens with zero attached hydrogens (tertiary/aromatic N) is 2. The third kappa shape index (κ3) is 3.08. The third-order valence-electron chi connectivity index (χ3n) is 3.70. The summed E-state index contributed by atoms with van der Waals surface area (Å²) in [5, 5.41) is 11.2. The van der Waals surface area contributed by atoms with E-state index in [1.807, 2.05) is 0 Å². The maximum Gasteiger partial charge on any atom is 0.338 e. The van der Waals surface area contributed by atoms with Gasteiger partial charge < -0.3 is 10.5 Å². The van der Waals surface area contributed by atoms with Gasteiger partial charge in [-0.3, -0.25) is 14.9 Å². The second-order valence-corrected chi connectivity index (χ2v) is 6.97. The van der Waals surface area contributed by atoms with Gasteiger partial charge in [0.2, 0.25) is 5.91 Å². The van der Waals surface area contributed by atoms with Crippen LogP contribution in [-0.2, 0) is 19.6 Å². The zero-order valence-electron chi connectivity index (χ0n) is 12.7. The van der Waals surface area contributed by atoms with Crippen molar-refractivity contribution in [2.45, 2.75) is 23.8 Å². The fraction of sp³-hybridized carbons (Fsp3) is 0.385. The zero-order chi connectivity index (χ0) is 18.1. The first-order valence-corrected chi connectivity index (χ1v) is 8.32. The molecule has 0 radical (unpaired) electrons. The molecule has 1 aliphatic rings. The fourth-order valence-corrected chi connectivity index (χ4v) is 4.37. The van der Waals surface area contributed by atoms with Crippen LogP contribution in [0.1, 0.15) is 23.2 Å². The number of esters is 1. The van der Waals surface area contributed by atoms with E-state index < -0.39 is 43.4 Å². The number of primary amides is 1. The highest BCUT2D eigenvalue weighted by molar-refractivity contribution is 7.89. The molecule has 130 valence electrons. The average Bonchev–Trinajstić information content (AvgIpc) is 3.04. The lowest BCUT2D eigenvalue weighted by Gasteiger charge is -2.21. The first-order valence-electron chi connectivity index (χ1n) is 6.88. The number of benzene rings is 1. The van der Waals surface area contributed by atoms with E-state index in [9.17, 15) is 28.1 Å². The number of ether oxygens (including phenoxy) is 1. The molecular weight excluding hydrogens is 342 g/mol. The number of amides is 1. The van der Waals surface area contributed by atoms with E-state index in [0.717, 1.165) is 29.6 Å². The second kappa shape index (κ2) is 6.53. The van der Waals surface area contributed by atoms with Gasteiger partial charge in [-0.25, -0.2) is 13.2 Å². The van der Waals surface area contributed by atoms with Crippen molar-refractivity contribution in [3.05, 3.63) is 33.9 Å². The van der Waals surface area contributed by atoms with Crippen LogP contribution < -0.4 is 5.73 Å². The summed E-state index contributed by atoms with van der Waals surface area (Å²) in [4.78, 5) is 32.6. The highest BCUT2D eigenvalue weighted by atomic mass is 32.2. The number of nitro benzene ring substituents is 1. The van der Waals surface area contributed by atoms with Crippen molar-refractivity contribution in [3.8, 4) is 0 Å². The summed E-state index contributed by atoms with van der Waals surface area (Å²) in [5.41, 5.74) is 4.28. The number of carbonyl (C=O) groups is 2. The Balaban J connectivity index is 2.56. The van der Waals surface area contributed by atoms with Crippen LogP contribution >= 0.6 is 0 Å². The van der Waals surface area contributed by atoms with Gasteiger partial charge in [0.05, 0.1) is 17.6 Å². The number of nitro groups is 1. The van der Waals surface area contributed by atoms with E-state index in [4.69, 9.17) is 5.73 Å². The first-order chi connectivity index (χ1) is 11.2. The molecule has 24 heavy (non-hydrogen) atoms. The lowest BCUT2D eigenvalue weighted by Crippen LogP contribution is -2.43. The number of methoxy groups -OCH3 is 1. The van der Waals surface area contributed by atoms with Crippen molar-refractivity contribution in [2.24, 2.45) is 5.73 Å². The van der Waals surface area contributed by atoms with Crippen molar-refractivity contribution >= 4 is 27.6 Å². The molecule has 0 aromatic heterocycles. The first kappa shape index (κ1) is 17.8. The standard InChI is InChI=1S/C13H15N3O7S/c1-23-13(18)8-4-5-11(10(7-8)16(19)20)24(21,22)15-6-2-3-9(15)12(14)17/h4-5,7,9H,2-3,6H2,1H3,(H2,14,17)/t9-/m0/s1. The Morgan fingerprint density at radius 2 is 2.08 bits per heavy atom. The minimum Gasteiger partial charge on any atom is -0.465 e. The molecule has 0 unspecified atom stereocenters. The molecule has 2 rings (SSSR count). The summed E-state index contributed by atoms with van der Waals surface area (Å²) in [6.07, 6.45) is 0.670. The Labute approximate surface area is 137 Å². The maximum atomic E-state index is 12.7. The number of rotatable bonds is 5. The summed E-state index contributed by atoms with van der Waals surface area (Å²) in [6.45, 7) is 0.0336. The molecule has 0 saturated carbocycles. The molecule has 1 fully saturated rings. The predicted molar refractivity (Wildman–Crippen MR) is 80.5 cm³/mol. The summed E-state index contributed by atoms with van der Waals surface area (Å²) in [7, 11) is -3.22. The third-order valence-corrected chi connectivity index (χ3v) is 5.65. The van der Waals surface area contributed by atoms with E-state index >= 15 is 0 Å². The Morgan fingerprint density at radius 3 is 2.62 bits per heavy atom. The second-order valence-electron chi connectivity index (χ2n) is 5.11. The van der Waals surface area contributed by atoms with Crippen LogP contribution in [0.3, 0.4) is 0 Å². The molecule has 1 aliphatic heterocycles. The van der Waals surface area contributed by atoms with E-state index in [-0.39, 0.29) is 18.5 Å². The van der Waals surface area contributed by atoms with Crippen LogP contribution in [-0.4, -0.2) is 49.2 Å². The minimum absolute atomic E-state index is 0.0336. The van der Waals surface area contributed by atoms with Crippen molar-refractivity contribution in [1.82, 2.24) is 4.31 Å². The van der Waals surface area contributed by atoms with Gasteiger partial charge in [-0.05, 0) is 25.0 Å². The fourth-order valence-electron chi connectivity index (χ4n) is 2.56. The van der Waals surface area contributed by atoms with Crippen LogP contribution in [0.2, 0.25) is 0 Å². The normalized spacial score (nSPS) is 18.3. The molecule has 2 N–H and O–H groups in total. The van der Waals surface area contributed by atoms with E-state index in [1.54, 1.807) is 0 Å². The number of hydrogen-bond donors (Lipinski definition) is 1. The van der Waals surface area contributed by atoms with Gasteiger partial charge >= 0.3 is 5.97 Å². The topological polar surface area (TPSA) is 150 Å². The molecule has 0 bridgehead atoms. The van der Waals surface area contributed by atoms with E-state index in [0.29, 0.717) is 6.42 Å². The SMILES string of the molecule is COC(=O)c1ccc(S(=O)(=O)N2CCC[C@H]2C(N)=O)c([N+](=O)[O-])c1. The summed E-state index contributed by atoms with van der Waals surface area (Å²) >= 11 is 0.